The van der Waals surface area contributed by atoms with Crippen LogP contribution in [0, 0.1) is 0 Å². The predicted molar refractivity (Wildman–Crippen MR) is 112 cm³/mol. The van der Waals surface area contributed by atoms with Crippen molar-refractivity contribution in [1.29, 1.82) is 0 Å². The van der Waals surface area contributed by atoms with Gasteiger partial charge in [0, 0.05) is 39.1 Å². The smallest absolute Gasteiger partial charge is 0.241 e. The molecule has 0 radical (unpaired) electrons. The second-order valence-corrected chi connectivity index (χ2v) is 7.80. The van der Waals surface area contributed by atoms with Crippen LogP contribution in [0.1, 0.15) is 17.0 Å². The average molecular weight is 406 g/mol. The number of nitrogens with zero attached hydrogens (tertiary/aromatic N) is 4. The molecule has 2 aliphatic heterocycles. The molecule has 0 spiro atoms. The van der Waals surface area contributed by atoms with E-state index in [2.05, 4.69) is 38.1 Å². The Labute approximate surface area is 176 Å². The third-order valence-corrected chi connectivity index (χ3v) is 5.80. The van der Waals surface area contributed by atoms with Crippen LogP contribution >= 0.6 is 0 Å². The van der Waals surface area contributed by atoms with Crippen LogP contribution in [-0.2, 0) is 19.5 Å². The molecule has 2 aromatic carbocycles. The molecule has 1 saturated heterocycles. The van der Waals surface area contributed by atoms with Gasteiger partial charge in [0.25, 0.3) is 0 Å². The summed E-state index contributed by atoms with van der Waals surface area (Å²) in [6.07, 6.45) is 1.03. The van der Waals surface area contributed by atoms with Gasteiger partial charge in [0.1, 0.15) is 11.5 Å². The number of piperazine rings is 1. The molecule has 3 aromatic rings. The zero-order chi connectivity index (χ0) is 20.3. The van der Waals surface area contributed by atoms with Gasteiger partial charge in [-0.1, -0.05) is 29.4 Å². The summed E-state index contributed by atoms with van der Waals surface area (Å²) in [6, 6.07) is 14.3. The highest BCUT2D eigenvalue weighted by Crippen LogP contribution is 2.28. The second-order valence-electron chi connectivity index (χ2n) is 7.80. The number of para-hydroxylation sites is 1. The molecule has 7 nitrogen and oxygen atoms in total. The predicted octanol–water partition coefficient (Wildman–Crippen LogP) is 3.00. The number of hydrogen-bond donors (Lipinski definition) is 0. The lowest BCUT2D eigenvalue weighted by Gasteiger charge is -2.34. The van der Waals surface area contributed by atoms with Gasteiger partial charge in [-0.2, -0.15) is 4.98 Å². The highest BCUT2D eigenvalue weighted by molar-refractivity contribution is 5.63. The Hall–Kier alpha value is -2.90. The molecule has 0 amide bonds. The average Bonchev–Trinajstić information content (AvgIpc) is 3.44. The number of aromatic nitrogens is 2. The number of rotatable bonds is 6. The zero-order valence-electron chi connectivity index (χ0n) is 17.2. The maximum atomic E-state index is 5.61. The van der Waals surface area contributed by atoms with Crippen LogP contribution in [0.4, 0.5) is 0 Å². The van der Waals surface area contributed by atoms with Gasteiger partial charge < -0.3 is 14.0 Å². The maximum absolute atomic E-state index is 5.61. The molecule has 5 rings (SSSR count). The first-order chi connectivity index (χ1) is 14.8. The van der Waals surface area contributed by atoms with Gasteiger partial charge in [-0.15, -0.1) is 0 Å². The standard InChI is InChI=1S/C23H26N4O3/c1-28-21-5-3-2-4-19(21)23-24-22(30-25-23)16-27-11-9-26(10-12-27)15-17-6-7-20-18(14-17)8-13-29-20/h2-7,14H,8-13,15-16H2,1H3. The summed E-state index contributed by atoms with van der Waals surface area (Å²) in [5.74, 6) is 3.01. The summed E-state index contributed by atoms with van der Waals surface area (Å²) in [4.78, 5) is 9.45. The van der Waals surface area contributed by atoms with Crippen molar-refractivity contribution in [2.75, 3.05) is 39.9 Å². The van der Waals surface area contributed by atoms with Crippen molar-refractivity contribution in [3.05, 3.63) is 59.5 Å². The Balaban J connectivity index is 1.16. The Kier molecular flexibility index (Phi) is 5.38. The summed E-state index contributed by atoms with van der Waals surface area (Å²) < 4.78 is 16.5. The fourth-order valence-corrected chi connectivity index (χ4v) is 4.15. The van der Waals surface area contributed by atoms with Crippen molar-refractivity contribution in [2.24, 2.45) is 0 Å². The minimum Gasteiger partial charge on any atom is -0.496 e. The largest absolute Gasteiger partial charge is 0.496 e. The minimum absolute atomic E-state index is 0.571. The van der Waals surface area contributed by atoms with Crippen LogP contribution in [0.15, 0.2) is 47.0 Å². The van der Waals surface area contributed by atoms with E-state index in [0.29, 0.717) is 18.3 Å². The monoisotopic (exact) mass is 406 g/mol. The van der Waals surface area contributed by atoms with E-state index in [-0.39, 0.29) is 0 Å². The van der Waals surface area contributed by atoms with Crippen molar-refractivity contribution < 1.29 is 14.0 Å². The molecule has 1 fully saturated rings. The van der Waals surface area contributed by atoms with Crippen molar-refractivity contribution in [3.8, 4) is 22.9 Å². The highest BCUT2D eigenvalue weighted by atomic mass is 16.5. The molecule has 1 aromatic heterocycles. The summed E-state index contributed by atoms with van der Waals surface area (Å²) in [5.41, 5.74) is 3.55. The van der Waals surface area contributed by atoms with E-state index < -0.39 is 0 Å². The van der Waals surface area contributed by atoms with Crippen molar-refractivity contribution >= 4 is 0 Å². The van der Waals surface area contributed by atoms with Crippen LogP contribution in [0.25, 0.3) is 11.4 Å². The van der Waals surface area contributed by atoms with E-state index in [1.165, 1.54) is 11.1 Å². The van der Waals surface area contributed by atoms with Crippen molar-refractivity contribution in [3.63, 3.8) is 0 Å². The topological polar surface area (TPSA) is 63.9 Å². The number of benzene rings is 2. The lowest BCUT2D eigenvalue weighted by molar-refractivity contribution is 0.112. The van der Waals surface area contributed by atoms with Gasteiger partial charge >= 0.3 is 0 Å². The number of fused-ring (bicyclic) bond motifs is 1. The third-order valence-electron chi connectivity index (χ3n) is 5.80. The van der Waals surface area contributed by atoms with Crippen LogP contribution in [-0.4, -0.2) is 59.8 Å². The van der Waals surface area contributed by atoms with Gasteiger partial charge in [-0.3, -0.25) is 9.80 Å². The highest BCUT2D eigenvalue weighted by Gasteiger charge is 2.21. The quantitative estimate of drug-likeness (QED) is 0.624. The zero-order valence-corrected chi connectivity index (χ0v) is 17.2. The van der Waals surface area contributed by atoms with E-state index in [1.807, 2.05) is 24.3 Å². The summed E-state index contributed by atoms with van der Waals surface area (Å²) >= 11 is 0. The normalized spacial score (nSPS) is 17.0. The summed E-state index contributed by atoms with van der Waals surface area (Å²) in [5, 5.41) is 4.15. The third kappa shape index (κ3) is 4.04. The van der Waals surface area contributed by atoms with Crippen LogP contribution in [0.2, 0.25) is 0 Å². The Bertz CT molecular complexity index is 1010. The molecule has 0 saturated carbocycles. The van der Waals surface area contributed by atoms with E-state index in [1.54, 1.807) is 7.11 Å². The molecular formula is C23H26N4O3. The van der Waals surface area contributed by atoms with Gasteiger partial charge in [0.05, 0.1) is 25.8 Å². The van der Waals surface area contributed by atoms with E-state index >= 15 is 0 Å². The number of ether oxygens (including phenoxy) is 2. The molecule has 3 heterocycles. The summed E-state index contributed by atoms with van der Waals surface area (Å²) in [6.45, 7) is 6.50. The molecule has 0 atom stereocenters. The minimum atomic E-state index is 0.571. The second kappa shape index (κ2) is 8.45. The SMILES string of the molecule is COc1ccccc1-c1noc(CN2CCN(Cc3ccc4c(c3)CCO4)CC2)n1. The van der Waals surface area contributed by atoms with E-state index in [0.717, 1.165) is 62.8 Å². The molecule has 30 heavy (non-hydrogen) atoms. The Morgan fingerprint density at radius 3 is 2.63 bits per heavy atom. The molecule has 7 heteroatoms. The molecule has 0 N–H and O–H groups in total. The first kappa shape index (κ1) is 19.1. The van der Waals surface area contributed by atoms with Crippen LogP contribution < -0.4 is 9.47 Å². The number of hydrogen-bond acceptors (Lipinski definition) is 7. The molecule has 156 valence electrons. The lowest BCUT2D eigenvalue weighted by atomic mass is 10.1. The van der Waals surface area contributed by atoms with Crippen molar-refractivity contribution in [1.82, 2.24) is 19.9 Å². The number of methoxy groups -OCH3 is 1. The Morgan fingerprint density at radius 2 is 1.80 bits per heavy atom. The fraction of sp³-hybridized carbons (Fsp3) is 0.391. The molecular weight excluding hydrogens is 380 g/mol. The van der Waals surface area contributed by atoms with Crippen LogP contribution in [0.5, 0.6) is 11.5 Å². The van der Waals surface area contributed by atoms with Crippen LogP contribution in [0.3, 0.4) is 0 Å². The first-order valence-electron chi connectivity index (χ1n) is 10.4. The summed E-state index contributed by atoms with van der Waals surface area (Å²) in [7, 11) is 1.65. The molecule has 0 unspecified atom stereocenters. The van der Waals surface area contributed by atoms with E-state index in [4.69, 9.17) is 14.0 Å². The Morgan fingerprint density at radius 1 is 1.00 bits per heavy atom. The van der Waals surface area contributed by atoms with Gasteiger partial charge in [0.2, 0.25) is 11.7 Å². The maximum Gasteiger partial charge on any atom is 0.241 e. The molecule has 2 aliphatic rings. The molecule has 0 bridgehead atoms. The van der Waals surface area contributed by atoms with E-state index in [9.17, 15) is 0 Å². The lowest BCUT2D eigenvalue weighted by Crippen LogP contribution is -2.45. The van der Waals surface area contributed by atoms with Gasteiger partial charge in [-0.25, -0.2) is 0 Å². The molecule has 0 aliphatic carbocycles. The first-order valence-corrected chi connectivity index (χ1v) is 10.4. The fourth-order valence-electron chi connectivity index (χ4n) is 4.15. The van der Waals surface area contributed by atoms with Crippen molar-refractivity contribution in [2.45, 2.75) is 19.5 Å². The van der Waals surface area contributed by atoms with Gasteiger partial charge in [-0.05, 0) is 29.3 Å². The van der Waals surface area contributed by atoms with Gasteiger partial charge in [0.15, 0.2) is 0 Å².